The second-order valence-electron chi connectivity index (χ2n) is 5.51. The van der Waals surface area contributed by atoms with Crippen LogP contribution < -0.4 is 10.1 Å². The summed E-state index contributed by atoms with van der Waals surface area (Å²) in [6.45, 7) is 2.22. The van der Waals surface area contributed by atoms with Crippen molar-refractivity contribution in [2.24, 2.45) is 0 Å². The van der Waals surface area contributed by atoms with Crippen LogP contribution in [0.15, 0.2) is 29.8 Å². The highest BCUT2D eigenvalue weighted by Gasteiger charge is 2.24. The summed E-state index contributed by atoms with van der Waals surface area (Å²) in [6.07, 6.45) is 6.53. The number of fused-ring (bicyclic) bond motifs is 1. The van der Waals surface area contributed by atoms with Crippen LogP contribution in [0, 0.1) is 0 Å². The number of hydrogen-bond acceptors (Lipinski definition) is 4. The van der Waals surface area contributed by atoms with E-state index < -0.39 is 0 Å². The fraction of sp³-hybridized carbons (Fsp3) is 0.471. The number of aromatic nitrogens is 1. The molecule has 2 unspecified atom stereocenters. The average Bonchev–Trinajstić information content (AvgIpc) is 3.06. The quantitative estimate of drug-likeness (QED) is 0.895. The van der Waals surface area contributed by atoms with Crippen LogP contribution in [0.4, 0.5) is 0 Å². The molecule has 4 heteroatoms. The predicted molar refractivity (Wildman–Crippen MR) is 87.0 cm³/mol. The maximum absolute atomic E-state index is 5.35. The molecule has 3 nitrogen and oxygen atoms in total. The van der Waals surface area contributed by atoms with Crippen LogP contribution in [0.25, 0.3) is 0 Å². The van der Waals surface area contributed by atoms with Crippen LogP contribution in [-0.4, -0.2) is 12.1 Å². The number of benzene rings is 1. The third-order valence-corrected chi connectivity index (χ3v) is 5.11. The summed E-state index contributed by atoms with van der Waals surface area (Å²) in [5.74, 6) is 0.960. The van der Waals surface area contributed by atoms with E-state index in [9.17, 15) is 0 Å². The number of ether oxygens (including phenoxy) is 1. The largest absolute Gasteiger partial charge is 0.497 e. The van der Waals surface area contributed by atoms with E-state index >= 15 is 0 Å². The van der Waals surface area contributed by atoms with Gasteiger partial charge in [-0.05, 0) is 48.9 Å². The van der Waals surface area contributed by atoms with Gasteiger partial charge in [-0.15, -0.1) is 11.3 Å². The third-order valence-electron chi connectivity index (χ3n) is 4.22. The standard InChI is InChI=1S/C17H22N2OS/c1-3-15(17-18-9-10-21-17)19-16-6-4-5-12-11-13(20-2)7-8-14(12)16/h7-11,15-16,19H,3-6H2,1-2H3. The minimum absolute atomic E-state index is 0.350. The molecule has 2 atom stereocenters. The highest BCUT2D eigenvalue weighted by atomic mass is 32.1. The third kappa shape index (κ3) is 3.11. The monoisotopic (exact) mass is 302 g/mol. The molecule has 1 heterocycles. The number of methoxy groups -OCH3 is 1. The summed E-state index contributed by atoms with van der Waals surface area (Å²) < 4.78 is 5.35. The number of thiazole rings is 1. The molecule has 2 aromatic rings. The van der Waals surface area contributed by atoms with Gasteiger partial charge in [-0.3, -0.25) is 0 Å². The molecular formula is C17H22N2OS. The summed E-state index contributed by atoms with van der Waals surface area (Å²) in [4.78, 5) is 4.47. The van der Waals surface area contributed by atoms with E-state index in [0.29, 0.717) is 12.1 Å². The number of hydrogen-bond donors (Lipinski definition) is 1. The van der Waals surface area contributed by atoms with Crippen molar-refractivity contribution >= 4 is 11.3 Å². The summed E-state index contributed by atoms with van der Waals surface area (Å²) in [6, 6.07) is 7.26. The molecule has 1 aromatic carbocycles. The molecule has 0 saturated heterocycles. The summed E-state index contributed by atoms with van der Waals surface area (Å²) >= 11 is 1.74. The smallest absolute Gasteiger partial charge is 0.119 e. The predicted octanol–water partition coefficient (Wildman–Crippen LogP) is 4.27. The van der Waals surface area contributed by atoms with Crippen LogP contribution in [0.2, 0.25) is 0 Å². The van der Waals surface area contributed by atoms with Gasteiger partial charge in [0.25, 0.3) is 0 Å². The number of nitrogens with zero attached hydrogens (tertiary/aromatic N) is 1. The molecule has 0 radical (unpaired) electrons. The first-order chi connectivity index (χ1) is 10.3. The lowest BCUT2D eigenvalue weighted by Crippen LogP contribution is -2.29. The minimum atomic E-state index is 0.350. The van der Waals surface area contributed by atoms with Crippen molar-refractivity contribution in [1.29, 1.82) is 0 Å². The Hall–Kier alpha value is -1.39. The number of aryl methyl sites for hydroxylation is 1. The lowest BCUT2D eigenvalue weighted by molar-refractivity contribution is 0.388. The lowest BCUT2D eigenvalue weighted by atomic mass is 9.87. The molecule has 1 N–H and O–H groups in total. The average molecular weight is 302 g/mol. The van der Waals surface area contributed by atoms with E-state index in [-0.39, 0.29) is 0 Å². The Labute approximate surface area is 130 Å². The Morgan fingerprint density at radius 2 is 2.38 bits per heavy atom. The van der Waals surface area contributed by atoms with E-state index in [1.54, 1.807) is 18.4 Å². The molecule has 0 spiro atoms. The Morgan fingerprint density at radius 3 is 3.10 bits per heavy atom. The van der Waals surface area contributed by atoms with Crippen LogP contribution in [0.3, 0.4) is 0 Å². The lowest BCUT2D eigenvalue weighted by Gasteiger charge is -2.30. The molecule has 0 fully saturated rings. The second kappa shape index (κ2) is 6.58. The van der Waals surface area contributed by atoms with Gasteiger partial charge in [0.1, 0.15) is 10.8 Å². The van der Waals surface area contributed by atoms with Crippen LogP contribution in [0.5, 0.6) is 5.75 Å². The zero-order chi connectivity index (χ0) is 14.7. The molecular weight excluding hydrogens is 280 g/mol. The van der Waals surface area contributed by atoms with Crippen LogP contribution >= 0.6 is 11.3 Å². The highest BCUT2D eigenvalue weighted by Crippen LogP contribution is 2.34. The fourth-order valence-corrected chi connectivity index (χ4v) is 3.89. The Balaban J connectivity index is 1.81. The van der Waals surface area contributed by atoms with Gasteiger partial charge in [0.05, 0.1) is 13.2 Å². The highest BCUT2D eigenvalue weighted by molar-refractivity contribution is 7.09. The molecule has 1 aliphatic carbocycles. The van der Waals surface area contributed by atoms with E-state index in [4.69, 9.17) is 4.74 Å². The van der Waals surface area contributed by atoms with E-state index in [1.165, 1.54) is 29.0 Å². The van der Waals surface area contributed by atoms with Gasteiger partial charge in [-0.2, -0.15) is 0 Å². The first kappa shape index (κ1) is 14.5. The van der Waals surface area contributed by atoms with Crippen molar-refractivity contribution in [1.82, 2.24) is 10.3 Å². The maximum atomic E-state index is 5.35. The van der Waals surface area contributed by atoms with Crippen molar-refractivity contribution in [3.63, 3.8) is 0 Å². The topological polar surface area (TPSA) is 34.1 Å². The molecule has 1 aromatic heterocycles. The Kier molecular flexibility index (Phi) is 4.56. The molecule has 1 aliphatic rings. The molecule has 3 rings (SSSR count). The van der Waals surface area contributed by atoms with E-state index in [0.717, 1.165) is 18.6 Å². The maximum Gasteiger partial charge on any atom is 0.119 e. The molecule has 0 amide bonds. The van der Waals surface area contributed by atoms with Crippen molar-refractivity contribution < 1.29 is 4.74 Å². The molecule has 112 valence electrons. The van der Waals surface area contributed by atoms with E-state index in [2.05, 4.69) is 40.8 Å². The van der Waals surface area contributed by atoms with Crippen LogP contribution in [0.1, 0.15) is 54.4 Å². The Morgan fingerprint density at radius 1 is 1.48 bits per heavy atom. The Bertz CT molecular complexity index is 582. The van der Waals surface area contributed by atoms with Crippen LogP contribution in [-0.2, 0) is 6.42 Å². The van der Waals surface area contributed by atoms with Crippen molar-refractivity contribution in [2.45, 2.75) is 44.7 Å². The second-order valence-corrected chi connectivity index (χ2v) is 6.43. The molecule has 0 bridgehead atoms. The van der Waals surface area contributed by atoms with Gasteiger partial charge in [0.2, 0.25) is 0 Å². The van der Waals surface area contributed by atoms with Crippen molar-refractivity contribution in [2.75, 3.05) is 7.11 Å². The van der Waals surface area contributed by atoms with E-state index in [1.807, 2.05) is 6.20 Å². The summed E-state index contributed by atoms with van der Waals surface area (Å²) in [5, 5.41) is 7.06. The van der Waals surface area contributed by atoms with Gasteiger partial charge in [-0.1, -0.05) is 13.0 Å². The number of nitrogens with one attached hydrogen (secondary N) is 1. The summed E-state index contributed by atoms with van der Waals surface area (Å²) in [5.41, 5.74) is 2.85. The fourth-order valence-electron chi connectivity index (χ4n) is 3.10. The van der Waals surface area contributed by atoms with Gasteiger partial charge < -0.3 is 10.1 Å². The first-order valence-corrected chi connectivity index (χ1v) is 8.52. The van der Waals surface area contributed by atoms with Gasteiger partial charge in [0.15, 0.2) is 0 Å². The first-order valence-electron chi connectivity index (χ1n) is 7.64. The minimum Gasteiger partial charge on any atom is -0.497 e. The summed E-state index contributed by atoms with van der Waals surface area (Å²) in [7, 11) is 1.73. The molecule has 0 saturated carbocycles. The van der Waals surface area contributed by atoms with Crippen molar-refractivity contribution in [3.05, 3.63) is 45.9 Å². The van der Waals surface area contributed by atoms with Gasteiger partial charge in [0, 0.05) is 17.6 Å². The van der Waals surface area contributed by atoms with Gasteiger partial charge in [-0.25, -0.2) is 4.98 Å². The zero-order valence-electron chi connectivity index (χ0n) is 12.6. The number of rotatable bonds is 5. The van der Waals surface area contributed by atoms with Gasteiger partial charge >= 0.3 is 0 Å². The zero-order valence-corrected chi connectivity index (χ0v) is 13.5. The normalized spacial score (nSPS) is 19.0. The molecule has 21 heavy (non-hydrogen) atoms. The van der Waals surface area contributed by atoms with Crippen molar-refractivity contribution in [3.8, 4) is 5.75 Å². The SMILES string of the molecule is CCC(NC1CCCc2cc(OC)ccc21)c1nccs1. The molecule has 0 aliphatic heterocycles.